The number of benzene rings is 1. The molecule has 0 bridgehead atoms. The molecule has 0 spiro atoms. The molecule has 1 heterocycles. The van der Waals surface area contributed by atoms with Gasteiger partial charge in [0.2, 0.25) is 0 Å². The summed E-state index contributed by atoms with van der Waals surface area (Å²) in [5.74, 6) is 0. The lowest BCUT2D eigenvalue weighted by molar-refractivity contribution is 0.194. The quantitative estimate of drug-likeness (QED) is 0.757. The van der Waals surface area contributed by atoms with Crippen LogP contribution >= 0.6 is 0 Å². The van der Waals surface area contributed by atoms with E-state index in [-0.39, 0.29) is 0 Å². The van der Waals surface area contributed by atoms with E-state index >= 15 is 0 Å². The van der Waals surface area contributed by atoms with Gasteiger partial charge in [-0.05, 0) is 30.2 Å². The number of nitrogens with zero attached hydrogens (tertiary/aromatic N) is 1. The fraction of sp³-hybridized carbons (Fsp3) is 0.167. The molecule has 0 aliphatic heterocycles. The van der Waals surface area contributed by atoms with Crippen LogP contribution in [0.2, 0.25) is 0 Å². The van der Waals surface area contributed by atoms with Gasteiger partial charge in [-0.1, -0.05) is 12.1 Å². The van der Waals surface area contributed by atoms with Crippen LogP contribution < -0.4 is 5.32 Å². The Morgan fingerprint density at radius 3 is 2.94 bits per heavy atom. The van der Waals surface area contributed by atoms with Gasteiger partial charge < -0.3 is 10.4 Å². The Bertz CT molecular complexity index is 521. The summed E-state index contributed by atoms with van der Waals surface area (Å²) in [5, 5.41) is 17.8. The highest BCUT2D eigenvalue weighted by molar-refractivity contribution is 5.65. The summed E-state index contributed by atoms with van der Waals surface area (Å²) in [5.41, 5.74) is 3.83. The van der Waals surface area contributed by atoms with Gasteiger partial charge in [-0.15, -0.1) is 0 Å². The predicted molar refractivity (Wildman–Crippen MR) is 63.6 cm³/mol. The minimum absolute atomic E-state index is 0.305. The van der Waals surface area contributed by atoms with Crippen molar-refractivity contribution < 1.29 is 9.90 Å². The molecule has 3 N–H and O–H groups in total. The first-order valence-electron chi connectivity index (χ1n) is 5.23. The predicted octanol–water partition coefficient (Wildman–Crippen LogP) is 2.15. The van der Waals surface area contributed by atoms with E-state index in [2.05, 4.69) is 15.5 Å². The third-order valence-corrected chi connectivity index (χ3v) is 2.58. The number of nitrogens with one attached hydrogen (secondary N) is 2. The second kappa shape index (κ2) is 4.69. The van der Waals surface area contributed by atoms with Crippen molar-refractivity contribution in [3.8, 4) is 11.3 Å². The van der Waals surface area contributed by atoms with Crippen molar-refractivity contribution in [3.05, 3.63) is 41.6 Å². The standard InChI is InChI=1S/C12H13N3O2/c1-8-2-3-9(11-4-5-14-15-11)6-10(8)7-13-12(16)17/h2-6,13H,7H2,1H3,(H,14,15)(H,16,17). The first-order valence-corrected chi connectivity index (χ1v) is 5.23. The summed E-state index contributed by atoms with van der Waals surface area (Å²) in [6.45, 7) is 2.26. The fourth-order valence-electron chi connectivity index (χ4n) is 1.61. The number of aryl methyl sites for hydroxylation is 1. The van der Waals surface area contributed by atoms with Crippen molar-refractivity contribution >= 4 is 6.09 Å². The van der Waals surface area contributed by atoms with Gasteiger partial charge in [-0.25, -0.2) is 4.79 Å². The van der Waals surface area contributed by atoms with Crippen LogP contribution in [0.25, 0.3) is 11.3 Å². The Morgan fingerprint density at radius 2 is 2.29 bits per heavy atom. The van der Waals surface area contributed by atoms with Crippen molar-refractivity contribution in [2.45, 2.75) is 13.5 Å². The van der Waals surface area contributed by atoms with Gasteiger partial charge in [-0.3, -0.25) is 5.10 Å². The maximum absolute atomic E-state index is 10.5. The van der Waals surface area contributed by atoms with E-state index < -0.39 is 6.09 Å². The van der Waals surface area contributed by atoms with Crippen molar-refractivity contribution in [1.29, 1.82) is 0 Å². The molecular formula is C12H13N3O2. The molecule has 2 rings (SSSR count). The van der Waals surface area contributed by atoms with E-state index in [0.717, 1.165) is 22.4 Å². The number of amides is 1. The maximum Gasteiger partial charge on any atom is 0.404 e. The third-order valence-electron chi connectivity index (χ3n) is 2.58. The Morgan fingerprint density at radius 1 is 1.47 bits per heavy atom. The highest BCUT2D eigenvalue weighted by atomic mass is 16.4. The number of aromatic nitrogens is 2. The van der Waals surface area contributed by atoms with Crippen LogP contribution in [0.5, 0.6) is 0 Å². The molecule has 1 aromatic carbocycles. The lowest BCUT2D eigenvalue weighted by Gasteiger charge is -2.07. The molecule has 0 fully saturated rings. The van der Waals surface area contributed by atoms with Gasteiger partial charge >= 0.3 is 6.09 Å². The summed E-state index contributed by atoms with van der Waals surface area (Å²) < 4.78 is 0. The van der Waals surface area contributed by atoms with Crippen LogP contribution in [0.1, 0.15) is 11.1 Å². The Labute approximate surface area is 98.5 Å². The van der Waals surface area contributed by atoms with Crippen LogP contribution in [-0.4, -0.2) is 21.4 Å². The summed E-state index contributed by atoms with van der Waals surface area (Å²) in [6, 6.07) is 7.75. The molecule has 5 nitrogen and oxygen atoms in total. The zero-order valence-electron chi connectivity index (χ0n) is 9.40. The van der Waals surface area contributed by atoms with Crippen molar-refractivity contribution in [2.75, 3.05) is 0 Å². The van der Waals surface area contributed by atoms with Gasteiger partial charge in [0.25, 0.3) is 0 Å². The largest absolute Gasteiger partial charge is 0.465 e. The highest BCUT2D eigenvalue weighted by Gasteiger charge is 2.05. The molecule has 5 heteroatoms. The van der Waals surface area contributed by atoms with E-state index in [1.54, 1.807) is 6.20 Å². The lowest BCUT2D eigenvalue weighted by Crippen LogP contribution is -2.20. The lowest BCUT2D eigenvalue weighted by atomic mass is 10.0. The second-order valence-electron chi connectivity index (χ2n) is 3.76. The van der Waals surface area contributed by atoms with Crippen LogP contribution in [0.15, 0.2) is 30.5 Å². The number of hydrogen-bond donors (Lipinski definition) is 3. The zero-order chi connectivity index (χ0) is 12.3. The number of rotatable bonds is 3. The smallest absolute Gasteiger partial charge is 0.404 e. The molecule has 0 aliphatic carbocycles. The summed E-state index contributed by atoms with van der Waals surface area (Å²) in [7, 11) is 0. The van der Waals surface area contributed by atoms with E-state index in [9.17, 15) is 4.79 Å². The number of hydrogen-bond acceptors (Lipinski definition) is 2. The number of aromatic amines is 1. The number of carbonyl (C=O) groups is 1. The Balaban J connectivity index is 2.26. The zero-order valence-corrected chi connectivity index (χ0v) is 9.40. The Hall–Kier alpha value is -2.30. The molecule has 1 amide bonds. The van der Waals surface area contributed by atoms with E-state index in [4.69, 9.17) is 5.11 Å². The summed E-state index contributed by atoms with van der Waals surface area (Å²) in [4.78, 5) is 10.5. The van der Waals surface area contributed by atoms with Gasteiger partial charge in [0, 0.05) is 18.3 Å². The van der Waals surface area contributed by atoms with E-state index in [0.29, 0.717) is 6.54 Å². The van der Waals surface area contributed by atoms with Crippen LogP contribution in [0.4, 0.5) is 4.79 Å². The average molecular weight is 231 g/mol. The molecule has 2 aromatic rings. The maximum atomic E-state index is 10.5. The molecule has 1 aromatic heterocycles. The monoisotopic (exact) mass is 231 g/mol. The van der Waals surface area contributed by atoms with E-state index in [1.807, 2.05) is 31.2 Å². The van der Waals surface area contributed by atoms with Crippen molar-refractivity contribution in [3.63, 3.8) is 0 Å². The molecule has 0 aliphatic rings. The summed E-state index contributed by atoms with van der Waals surface area (Å²) >= 11 is 0. The van der Waals surface area contributed by atoms with E-state index in [1.165, 1.54) is 0 Å². The molecule has 0 radical (unpaired) electrons. The normalized spacial score (nSPS) is 10.2. The molecule has 88 valence electrons. The molecule has 0 unspecified atom stereocenters. The highest BCUT2D eigenvalue weighted by Crippen LogP contribution is 2.20. The molecule has 0 saturated heterocycles. The van der Waals surface area contributed by atoms with Crippen LogP contribution in [0, 0.1) is 6.92 Å². The van der Waals surface area contributed by atoms with Crippen LogP contribution in [0.3, 0.4) is 0 Å². The first kappa shape index (κ1) is 11.2. The number of carboxylic acid groups (broad SMARTS) is 1. The van der Waals surface area contributed by atoms with Gasteiger partial charge in [0.1, 0.15) is 0 Å². The molecule has 0 saturated carbocycles. The average Bonchev–Trinajstić information content (AvgIpc) is 2.81. The van der Waals surface area contributed by atoms with Crippen molar-refractivity contribution in [2.24, 2.45) is 0 Å². The topological polar surface area (TPSA) is 78.0 Å². The third kappa shape index (κ3) is 2.63. The van der Waals surface area contributed by atoms with Gasteiger partial charge in [-0.2, -0.15) is 5.10 Å². The molecule has 0 atom stereocenters. The SMILES string of the molecule is Cc1ccc(-c2cc[nH]n2)cc1CNC(=O)O. The minimum Gasteiger partial charge on any atom is -0.465 e. The minimum atomic E-state index is -1.02. The second-order valence-corrected chi connectivity index (χ2v) is 3.76. The van der Waals surface area contributed by atoms with Crippen LogP contribution in [-0.2, 0) is 6.54 Å². The van der Waals surface area contributed by atoms with Crippen molar-refractivity contribution in [1.82, 2.24) is 15.5 Å². The molecular weight excluding hydrogens is 218 g/mol. The number of H-pyrrole nitrogens is 1. The fourth-order valence-corrected chi connectivity index (χ4v) is 1.61. The summed E-state index contributed by atoms with van der Waals surface area (Å²) in [6.07, 6.45) is 0.735. The molecule has 17 heavy (non-hydrogen) atoms. The van der Waals surface area contributed by atoms with Gasteiger partial charge in [0.15, 0.2) is 0 Å². The van der Waals surface area contributed by atoms with Gasteiger partial charge in [0.05, 0.1) is 5.69 Å². The first-order chi connectivity index (χ1) is 8.16. The Kier molecular flexibility index (Phi) is 3.09.